The number of hydrogen-bond donors (Lipinski definition) is 0. The van der Waals surface area contributed by atoms with E-state index in [0.29, 0.717) is 38.4 Å². The third-order valence-corrected chi connectivity index (χ3v) is 12.4. The molecule has 0 aromatic carbocycles. The van der Waals surface area contributed by atoms with Gasteiger partial charge in [-0.3, -0.25) is 13.6 Å². The number of phosphoric acid groups is 1. The SMILES string of the molecule is CCC(Cl)OP(=O)(OCC(CBr)(CBr)CBr)OCC(CBr)(CBr)CBr. The van der Waals surface area contributed by atoms with Gasteiger partial charge in [-0.2, -0.15) is 0 Å². The molecule has 0 saturated carbocycles. The van der Waals surface area contributed by atoms with Crippen molar-refractivity contribution in [3.05, 3.63) is 0 Å². The predicted octanol–water partition coefficient (Wildman–Crippen LogP) is 7.46. The van der Waals surface area contributed by atoms with Crippen molar-refractivity contribution < 1.29 is 18.1 Å². The molecule has 0 aliphatic heterocycles. The fourth-order valence-corrected chi connectivity index (χ4v) is 9.52. The van der Waals surface area contributed by atoms with Crippen LogP contribution in [0.15, 0.2) is 0 Å². The van der Waals surface area contributed by atoms with Crippen LogP contribution in [-0.4, -0.2) is 50.8 Å². The first kappa shape index (κ1) is 28.3. The lowest BCUT2D eigenvalue weighted by Gasteiger charge is -2.32. The van der Waals surface area contributed by atoms with Crippen molar-refractivity contribution >= 4 is 115 Å². The van der Waals surface area contributed by atoms with Crippen molar-refractivity contribution in [2.75, 3.05) is 45.2 Å². The summed E-state index contributed by atoms with van der Waals surface area (Å²) in [7, 11) is -3.82. The molecule has 0 aromatic rings. The third kappa shape index (κ3) is 9.75. The summed E-state index contributed by atoms with van der Waals surface area (Å²) < 4.78 is 29.9. The second-order valence-electron chi connectivity index (χ2n) is 5.72. The highest BCUT2D eigenvalue weighted by atomic mass is 79.9. The highest BCUT2D eigenvalue weighted by molar-refractivity contribution is 9.10. The fourth-order valence-electron chi connectivity index (χ4n) is 1.19. The van der Waals surface area contributed by atoms with Gasteiger partial charge >= 0.3 is 7.82 Å². The van der Waals surface area contributed by atoms with E-state index in [1.165, 1.54) is 0 Å². The number of phosphoric ester groups is 1. The summed E-state index contributed by atoms with van der Waals surface area (Å²) in [5.74, 6) is 0. The zero-order valence-electron chi connectivity index (χ0n) is 13.7. The molecule has 0 fully saturated rings. The molecule has 0 amide bonds. The average molecular weight is 788 g/mol. The predicted molar refractivity (Wildman–Crippen MR) is 128 cm³/mol. The minimum Gasteiger partial charge on any atom is -0.286 e. The molecule has 0 bridgehead atoms. The first-order chi connectivity index (χ1) is 11.7. The Balaban J connectivity index is 5.21. The Hall–Kier alpha value is 3.28. The number of hydrogen-bond acceptors (Lipinski definition) is 4. The van der Waals surface area contributed by atoms with Crippen molar-refractivity contribution in [3.8, 4) is 0 Å². The molecule has 0 heterocycles. The van der Waals surface area contributed by atoms with E-state index >= 15 is 0 Å². The lowest BCUT2D eigenvalue weighted by molar-refractivity contribution is 0.0650. The Morgan fingerprint density at radius 3 is 1.40 bits per heavy atom. The van der Waals surface area contributed by atoms with E-state index < -0.39 is 13.4 Å². The van der Waals surface area contributed by atoms with Crippen molar-refractivity contribution in [1.29, 1.82) is 0 Å². The minimum atomic E-state index is -3.82. The summed E-state index contributed by atoms with van der Waals surface area (Å²) in [5, 5.41) is 3.93. The molecule has 0 aromatic heterocycles. The van der Waals surface area contributed by atoms with Gasteiger partial charge in [0.15, 0.2) is 0 Å². The normalized spacial score (nSPS) is 14.7. The van der Waals surface area contributed by atoms with Gasteiger partial charge in [0.25, 0.3) is 0 Å². The summed E-state index contributed by atoms with van der Waals surface area (Å²) >= 11 is 26.9. The number of alkyl halides is 7. The van der Waals surface area contributed by atoms with E-state index in [2.05, 4.69) is 95.6 Å². The van der Waals surface area contributed by atoms with E-state index in [1.807, 2.05) is 6.92 Å². The van der Waals surface area contributed by atoms with Crippen LogP contribution in [0.5, 0.6) is 0 Å². The lowest BCUT2D eigenvalue weighted by atomic mass is 9.98. The Bertz CT molecular complexity index is 367. The Kier molecular flexibility index (Phi) is 16.2. The first-order valence-corrected chi connectivity index (χ1v) is 15.9. The second kappa shape index (κ2) is 14.3. The van der Waals surface area contributed by atoms with Gasteiger partial charge in [0.1, 0.15) is 5.56 Å². The zero-order chi connectivity index (χ0) is 19.6. The number of halogens is 7. The molecular formula is C13H22Br6ClO4P. The number of rotatable bonds is 15. The van der Waals surface area contributed by atoms with Gasteiger partial charge in [-0.05, 0) is 6.42 Å². The van der Waals surface area contributed by atoms with Crippen molar-refractivity contribution in [2.24, 2.45) is 10.8 Å². The Labute approximate surface area is 206 Å². The van der Waals surface area contributed by atoms with Gasteiger partial charge in [-0.1, -0.05) is 114 Å². The van der Waals surface area contributed by atoms with E-state index in [-0.39, 0.29) is 24.0 Å². The van der Waals surface area contributed by atoms with Crippen LogP contribution in [0.3, 0.4) is 0 Å². The average Bonchev–Trinajstić information content (AvgIpc) is 2.65. The molecule has 0 saturated heterocycles. The van der Waals surface area contributed by atoms with Crippen LogP contribution in [0.2, 0.25) is 0 Å². The van der Waals surface area contributed by atoms with Crippen LogP contribution in [0.1, 0.15) is 13.3 Å². The molecule has 25 heavy (non-hydrogen) atoms. The lowest BCUT2D eigenvalue weighted by Crippen LogP contribution is -2.34. The van der Waals surface area contributed by atoms with Crippen LogP contribution in [0, 0.1) is 10.8 Å². The van der Waals surface area contributed by atoms with Gasteiger partial charge in [-0.15, -0.1) is 0 Å². The molecular weight excluding hydrogens is 766 g/mol. The highest BCUT2D eigenvalue weighted by Gasteiger charge is 2.38. The maximum Gasteiger partial charge on any atom is 0.476 e. The fraction of sp³-hybridized carbons (Fsp3) is 1.00. The molecule has 4 nitrogen and oxygen atoms in total. The van der Waals surface area contributed by atoms with Crippen LogP contribution < -0.4 is 0 Å². The molecule has 0 N–H and O–H groups in total. The van der Waals surface area contributed by atoms with Crippen LogP contribution in [0.25, 0.3) is 0 Å². The van der Waals surface area contributed by atoms with Gasteiger partial charge in [0.05, 0.1) is 13.2 Å². The summed E-state index contributed by atoms with van der Waals surface area (Å²) in [6.45, 7) is 2.20. The van der Waals surface area contributed by atoms with E-state index in [0.717, 1.165) is 0 Å². The largest absolute Gasteiger partial charge is 0.476 e. The van der Waals surface area contributed by atoms with Crippen molar-refractivity contribution in [1.82, 2.24) is 0 Å². The van der Waals surface area contributed by atoms with Crippen molar-refractivity contribution in [2.45, 2.75) is 18.9 Å². The van der Waals surface area contributed by atoms with Crippen molar-refractivity contribution in [3.63, 3.8) is 0 Å². The van der Waals surface area contributed by atoms with E-state index in [1.54, 1.807) is 0 Å². The standard InChI is InChI=1S/C13H22Br6ClO4P/c1-2-11(20)24-25(21,22-9-12(3-14,4-15)5-16)23-10-13(6-17,7-18)8-19/h11H,2-10H2,1H3. The maximum absolute atomic E-state index is 13.1. The molecule has 0 radical (unpaired) electrons. The summed E-state index contributed by atoms with van der Waals surface area (Å²) in [4.78, 5) is 0. The molecule has 1 atom stereocenters. The summed E-state index contributed by atoms with van der Waals surface area (Å²) in [6, 6.07) is 0. The van der Waals surface area contributed by atoms with Crippen LogP contribution in [-0.2, 0) is 18.1 Å². The van der Waals surface area contributed by atoms with Gasteiger partial charge < -0.3 is 0 Å². The topological polar surface area (TPSA) is 44.8 Å². The molecule has 12 heteroatoms. The van der Waals surface area contributed by atoms with Gasteiger partial charge in [0.2, 0.25) is 0 Å². The molecule has 0 aliphatic rings. The summed E-state index contributed by atoms with van der Waals surface area (Å²) in [6.07, 6.45) is 0.485. The molecule has 0 aliphatic carbocycles. The quantitative estimate of drug-likeness (QED) is 0.128. The minimum absolute atomic E-state index is 0.184. The molecule has 152 valence electrons. The van der Waals surface area contributed by atoms with E-state index in [4.69, 9.17) is 25.2 Å². The Morgan fingerprint density at radius 2 is 1.16 bits per heavy atom. The zero-order valence-corrected chi connectivity index (χ0v) is 24.8. The monoisotopic (exact) mass is 782 g/mol. The smallest absolute Gasteiger partial charge is 0.286 e. The molecule has 0 spiro atoms. The highest BCUT2D eigenvalue weighted by Crippen LogP contribution is 2.54. The summed E-state index contributed by atoms with van der Waals surface area (Å²) in [5.41, 5.74) is -1.31. The third-order valence-electron chi connectivity index (χ3n) is 3.32. The Morgan fingerprint density at radius 1 is 0.840 bits per heavy atom. The molecule has 1 unspecified atom stereocenters. The van der Waals surface area contributed by atoms with Crippen LogP contribution in [0.4, 0.5) is 0 Å². The van der Waals surface area contributed by atoms with Crippen LogP contribution >= 0.6 is 115 Å². The van der Waals surface area contributed by atoms with Gasteiger partial charge in [-0.25, -0.2) is 4.57 Å². The first-order valence-electron chi connectivity index (χ1n) is 7.31. The maximum atomic E-state index is 13.1. The second-order valence-corrected chi connectivity index (χ2v) is 11.2. The van der Waals surface area contributed by atoms with E-state index in [9.17, 15) is 4.57 Å². The van der Waals surface area contributed by atoms with Gasteiger partial charge in [0, 0.05) is 42.8 Å². The molecule has 0 rings (SSSR count).